The summed E-state index contributed by atoms with van der Waals surface area (Å²) < 4.78 is 5.10. The van der Waals surface area contributed by atoms with Gasteiger partial charge in [0.05, 0.1) is 17.2 Å². The van der Waals surface area contributed by atoms with Crippen molar-refractivity contribution in [3.63, 3.8) is 0 Å². The van der Waals surface area contributed by atoms with Gasteiger partial charge in [-0.25, -0.2) is 4.79 Å². The first-order valence-corrected chi connectivity index (χ1v) is 7.34. The van der Waals surface area contributed by atoms with Crippen LogP contribution in [0, 0.1) is 20.8 Å². The molecule has 2 rings (SSSR count). The molecule has 6 heteroatoms. The van der Waals surface area contributed by atoms with Gasteiger partial charge in [-0.15, -0.1) is 0 Å². The van der Waals surface area contributed by atoms with Gasteiger partial charge in [0.1, 0.15) is 5.76 Å². The normalized spacial score (nSPS) is 12.0. The smallest absolute Gasteiger partial charge is 0.335 e. The third-order valence-corrected chi connectivity index (χ3v) is 3.90. The van der Waals surface area contributed by atoms with Crippen molar-refractivity contribution in [2.75, 3.05) is 0 Å². The largest absolute Gasteiger partial charge is 0.478 e. The van der Waals surface area contributed by atoms with Crippen LogP contribution in [0.3, 0.4) is 0 Å². The van der Waals surface area contributed by atoms with Crippen LogP contribution in [0.25, 0.3) is 0 Å². The molecule has 0 radical (unpaired) electrons. The van der Waals surface area contributed by atoms with E-state index < -0.39 is 5.97 Å². The standard InChI is InChI=1S/C17H20N2O4/c1-9-7-13(5-6-14(9)17(21)22)8-18-16(20)10(2)15-11(3)19-23-12(15)4/h5-7,10H,8H2,1-4H3,(H,18,20)(H,21,22). The molecule has 1 aromatic carbocycles. The van der Waals surface area contributed by atoms with E-state index in [1.54, 1.807) is 39.0 Å². The molecule has 0 saturated heterocycles. The van der Waals surface area contributed by atoms with E-state index in [1.807, 2.05) is 6.92 Å². The number of amides is 1. The third kappa shape index (κ3) is 3.59. The second kappa shape index (κ2) is 6.64. The molecule has 1 heterocycles. The molecule has 1 aromatic heterocycles. The zero-order valence-electron chi connectivity index (χ0n) is 13.6. The third-order valence-electron chi connectivity index (χ3n) is 3.90. The highest BCUT2D eigenvalue weighted by Crippen LogP contribution is 2.23. The minimum atomic E-state index is -0.954. The van der Waals surface area contributed by atoms with Crippen LogP contribution >= 0.6 is 0 Å². The Labute approximate surface area is 134 Å². The Morgan fingerprint density at radius 1 is 1.30 bits per heavy atom. The summed E-state index contributed by atoms with van der Waals surface area (Å²) in [4.78, 5) is 23.3. The molecule has 0 saturated carbocycles. The summed E-state index contributed by atoms with van der Waals surface area (Å²) >= 11 is 0. The minimum absolute atomic E-state index is 0.126. The molecule has 0 aliphatic carbocycles. The fourth-order valence-corrected chi connectivity index (χ4v) is 2.66. The van der Waals surface area contributed by atoms with Crippen LogP contribution in [0.5, 0.6) is 0 Å². The van der Waals surface area contributed by atoms with E-state index in [0.29, 0.717) is 23.6 Å². The Bertz CT molecular complexity index is 730. The number of aryl methyl sites for hydroxylation is 3. The number of carboxylic acid groups (broad SMARTS) is 1. The van der Waals surface area contributed by atoms with Gasteiger partial charge in [0, 0.05) is 12.1 Å². The van der Waals surface area contributed by atoms with E-state index in [2.05, 4.69) is 10.5 Å². The van der Waals surface area contributed by atoms with Gasteiger partial charge >= 0.3 is 5.97 Å². The molecule has 0 aliphatic rings. The molecular formula is C17H20N2O4. The van der Waals surface area contributed by atoms with Crippen LogP contribution in [-0.4, -0.2) is 22.1 Å². The van der Waals surface area contributed by atoms with Crippen LogP contribution in [0.2, 0.25) is 0 Å². The molecule has 0 fully saturated rings. The average molecular weight is 316 g/mol. The summed E-state index contributed by atoms with van der Waals surface area (Å²) in [5.74, 6) is -0.795. The molecule has 122 valence electrons. The number of nitrogens with one attached hydrogen (secondary N) is 1. The number of carboxylic acids is 1. The first-order chi connectivity index (χ1) is 10.8. The van der Waals surface area contributed by atoms with E-state index in [1.165, 1.54) is 0 Å². The lowest BCUT2D eigenvalue weighted by atomic mass is 9.98. The Hall–Kier alpha value is -2.63. The molecule has 0 aliphatic heterocycles. The Balaban J connectivity index is 2.05. The van der Waals surface area contributed by atoms with Crippen molar-refractivity contribution in [1.29, 1.82) is 0 Å². The monoisotopic (exact) mass is 316 g/mol. The fraction of sp³-hybridized carbons (Fsp3) is 0.353. The summed E-state index contributed by atoms with van der Waals surface area (Å²) in [6.07, 6.45) is 0. The number of aromatic carboxylic acids is 1. The van der Waals surface area contributed by atoms with Crippen molar-refractivity contribution in [2.24, 2.45) is 0 Å². The van der Waals surface area contributed by atoms with Crippen molar-refractivity contribution >= 4 is 11.9 Å². The molecule has 1 atom stereocenters. The molecule has 23 heavy (non-hydrogen) atoms. The zero-order valence-corrected chi connectivity index (χ0v) is 13.6. The van der Waals surface area contributed by atoms with Crippen molar-refractivity contribution in [1.82, 2.24) is 10.5 Å². The van der Waals surface area contributed by atoms with Gasteiger partial charge in [0.15, 0.2) is 0 Å². The molecule has 0 spiro atoms. The predicted octanol–water partition coefficient (Wildman–Crippen LogP) is 2.72. The molecule has 1 amide bonds. The molecule has 2 N–H and O–H groups in total. The highest BCUT2D eigenvalue weighted by Gasteiger charge is 2.22. The number of aromatic nitrogens is 1. The first-order valence-electron chi connectivity index (χ1n) is 7.34. The summed E-state index contributed by atoms with van der Waals surface area (Å²) in [5, 5.41) is 15.7. The van der Waals surface area contributed by atoms with Crippen LogP contribution in [0.15, 0.2) is 22.7 Å². The molecule has 6 nitrogen and oxygen atoms in total. The number of benzene rings is 1. The van der Waals surface area contributed by atoms with Crippen molar-refractivity contribution in [3.05, 3.63) is 51.9 Å². The van der Waals surface area contributed by atoms with Crippen LogP contribution < -0.4 is 5.32 Å². The molecule has 2 aromatic rings. The number of carbonyl (C=O) groups excluding carboxylic acids is 1. The van der Waals surface area contributed by atoms with Crippen molar-refractivity contribution in [3.8, 4) is 0 Å². The zero-order chi connectivity index (χ0) is 17.1. The minimum Gasteiger partial charge on any atom is -0.478 e. The summed E-state index contributed by atoms with van der Waals surface area (Å²) in [5.41, 5.74) is 3.31. The lowest BCUT2D eigenvalue weighted by Gasteiger charge is -2.13. The Morgan fingerprint density at radius 3 is 2.52 bits per heavy atom. The maximum absolute atomic E-state index is 12.3. The van der Waals surface area contributed by atoms with Gasteiger partial charge < -0.3 is 14.9 Å². The van der Waals surface area contributed by atoms with Crippen molar-refractivity contribution < 1.29 is 19.2 Å². The lowest BCUT2D eigenvalue weighted by molar-refractivity contribution is -0.122. The van der Waals surface area contributed by atoms with Crippen LogP contribution in [0.1, 0.15) is 51.3 Å². The summed E-state index contributed by atoms with van der Waals surface area (Å²) in [6, 6.07) is 5.03. The van der Waals surface area contributed by atoms with E-state index in [9.17, 15) is 9.59 Å². The molecule has 0 bridgehead atoms. The topological polar surface area (TPSA) is 92.4 Å². The lowest BCUT2D eigenvalue weighted by Crippen LogP contribution is -2.28. The number of hydrogen-bond acceptors (Lipinski definition) is 4. The number of hydrogen-bond donors (Lipinski definition) is 2. The second-order valence-corrected chi connectivity index (χ2v) is 5.63. The van der Waals surface area contributed by atoms with Gasteiger partial charge in [-0.1, -0.05) is 17.3 Å². The number of rotatable bonds is 5. The Kier molecular flexibility index (Phi) is 4.83. The maximum Gasteiger partial charge on any atom is 0.335 e. The van der Waals surface area contributed by atoms with Gasteiger partial charge in [-0.05, 0) is 44.9 Å². The predicted molar refractivity (Wildman–Crippen MR) is 84.4 cm³/mol. The van der Waals surface area contributed by atoms with E-state index in [-0.39, 0.29) is 17.4 Å². The van der Waals surface area contributed by atoms with E-state index in [4.69, 9.17) is 9.63 Å². The quantitative estimate of drug-likeness (QED) is 0.884. The van der Waals surface area contributed by atoms with Crippen molar-refractivity contribution in [2.45, 2.75) is 40.2 Å². The van der Waals surface area contributed by atoms with E-state index >= 15 is 0 Å². The summed E-state index contributed by atoms with van der Waals surface area (Å²) in [7, 11) is 0. The van der Waals surface area contributed by atoms with Gasteiger partial charge in [-0.3, -0.25) is 4.79 Å². The van der Waals surface area contributed by atoms with Crippen LogP contribution in [-0.2, 0) is 11.3 Å². The van der Waals surface area contributed by atoms with Gasteiger partial charge in [-0.2, -0.15) is 0 Å². The first kappa shape index (κ1) is 16.7. The fourth-order valence-electron chi connectivity index (χ4n) is 2.66. The van der Waals surface area contributed by atoms with Crippen LogP contribution in [0.4, 0.5) is 0 Å². The van der Waals surface area contributed by atoms with Gasteiger partial charge in [0.2, 0.25) is 5.91 Å². The summed E-state index contributed by atoms with van der Waals surface area (Å²) in [6.45, 7) is 7.48. The number of nitrogens with zero attached hydrogens (tertiary/aromatic N) is 1. The average Bonchev–Trinajstić information content (AvgIpc) is 2.82. The Morgan fingerprint density at radius 2 is 2.00 bits per heavy atom. The van der Waals surface area contributed by atoms with Gasteiger partial charge in [0.25, 0.3) is 0 Å². The maximum atomic E-state index is 12.3. The second-order valence-electron chi connectivity index (χ2n) is 5.63. The van der Waals surface area contributed by atoms with E-state index in [0.717, 1.165) is 11.1 Å². The highest BCUT2D eigenvalue weighted by molar-refractivity contribution is 5.89. The molecule has 1 unspecified atom stereocenters. The highest BCUT2D eigenvalue weighted by atomic mass is 16.5. The SMILES string of the molecule is Cc1cc(CNC(=O)C(C)c2c(C)noc2C)ccc1C(=O)O. The molecular weight excluding hydrogens is 296 g/mol. The number of carbonyl (C=O) groups is 2.